The molecule has 0 atom stereocenters. The molecule has 0 aliphatic heterocycles. The van der Waals surface area contributed by atoms with E-state index in [4.69, 9.17) is 0 Å². The van der Waals surface area contributed by atoms with Gasteiger partial charge in [0.25, 0.3) is 0 Å². The summed E-state index contributed by atoms with van der Waals surface area (Å²) in [6, 6.07) is 18.0. The fourth-order valence-electron chi connectivity index (χ4n) is 2.07. The number of amides is 1. The first-order valence-corrected chi connectivity index (χ1v) is 7.29. The summed E-state index contributed by atoms with van der Waals surface area (Å²) in [5, 5.41) is 6.03. The van der Waals surface area contributed by atoms with Gasteiger partial charge in [-0.2, -0.15) is 0 Å². The maximum Gasteiger partial charge on any atom is 0.238 e. The van der Waals surface area contributed by atoms with Gasteiger partial charge in [-0.15, -0.1) is 0 Å². The van der Waals surface area contributed by atoms with Crippen molar-refractivity contribution in [1.29, 1.82) is 0 Å². The number of nitrogens with one attached hydrogen (secondary N) is 2. The van der Waals surface area contributed by atoms with Gasteiger partial charge < -0.3 is 10.6 Å². The van der Waals surface area contributed by atoms with Crippen LogP contribution in [0.1, 0.15) is 30.9 Å². The van der Waals surface area contributed by atoms with Gasteiger partial charge in [0, 0.05) is 12.2 Å². The van der Waals surface area contributed by atoms with Crippen molar-refractivity contribution in [2.75, 3.05) is 11.9 Å². The van der Waals surface area contributed by atoms with E-state index in [0.29, 0.717) is 19.0 Å². The zero-order chi connectivity index (χ0) is 15.1. The molecule has 0 unspecified atom stereocenters. The first-order chi connectivity index (χ1) is 10.1. The molecule has 2 N–H and O–H groups in total. The Labute approximate surface area is 126 Å². The molecule has 0 radical (unpaired) electrons. The molecule has 1 amide bonds. The standard InChI is InChI=1S/C18H22N2O/c1-14(2)16-8-10-17(11-9-16)20-18(21)13-19-12-15-6-4-3-5-7-15/h3-11,14,19H,12-13H2,1-2H3,(H,20,21). The Bertz CT molecular complexity index is 562. The lowest BCUT2D eigenvalue weighted by atomic mass is 10.0. The van der Waals surface area contributed by atoms with Crippen molar-refractivity contribution in [3.63, 3.8) is 0 Å². The van der Waals surface area contributed by atoms with Crippen LogP contribution in [-0.4, -0.2) is 12.5 Å². The maximum atomic E-state index is 11.8. The van der Waals surface area contributed by atoms with Crippen molar-refractivity contribution in [2.24, 2.45) is 0 Å². The minimum absolute atomic E-state index is 0.0248. The molecule has 0 saturated heterocycles. The Morgan fingerprint density at radius 1 is 1.00 bits per heavy atom. The highest BCUT2D eigenvalue weighted by Gasteiger charge is 2.03. The molecule has 110 valence electrons. The average molecular weight is 282 g/mol. The second-order valence-electron chi connectivity index (χ2n) is 5.41. The zero-order valence-corrected chi connectivity index (χ0v) is 12.6. The zero-order valence-electron chi connectivity index (χ0n) is 12.6. The van der Waals surface area contributed by atoms with Gasteiger partial charge in [0.2, 0.25) is 5.91 Å². The number of rotatable bonds is 6. The first-order valence-electron chi connectivity index (χ1n) is 7.29. The number of carbonyl (C=O) groups excluding carboxylic acids is 1. The van der Waals surface area contributed by atoms with Gasteiger partial charge in [0.15, 0.2) is 0 Å². The Hall–Kier alpha value is -2.13. The van der Waals surface area contributed by atoms with Crippen molar-refractivity contribution in [3.8, 4) is 0 Å². The van der Waals surface area contributed by atoms with Crippen LogP contribution in [0, 0.1) is 0 Å². The third-order valence-corrected chi connectivity index (χ3v) is 3.32. The van der Waals surface area contributed by atoms with Crippen LogP contribution in [0.25, 0.3) is 0 Å². The lowest BCUT2D eigenvalue weighted by Crippen LogP contribution is -2.27. The van der Waals surface area contributed by atoms with Gasteiger partial charge in [0.05, 0.1) is 6.54 Å². The summed E-state index contributed by atoms with van der Waals surface area (Å²) in [4.78, 5) is 11.8. The van der Waals surface area contributed by atoms with Crippen LogP contribution in [0.4, 0.5) is 5.69 Å². The van der Waals surface area contributed by atoms with Crippen LogP contribution in [0.5, 0.6) is 0 Å². The summed E-state index contributed by atoms with van der Waals surface area (Å²) in [6.07, 6.45) is 0. The second kappa shape index (κ2) is 7.60. The van der Waals surface area contributed by atoms with Crippen molar-refractivity contribution in [2.45, 2.75) is 26.3 Å². The highest BCUT2D eigenvalue weighted by atomic mass is 16.1. The molecule has 0 aliphatic rings. The fraction of sp³-hybridized carbons (Fsp3) is 0.278. The molecular formula is C18H22N2O. The lowest BCUT2D eigenvalue weighted by molar-refractivity contribution is -0.115. The molecule has 0 aromatic heterocycles. The normalized spacial score (nSPS) is 10.6. The van der Waals surface area contributed by atoms with E-state index in [2.05, 4.69) is 36.6 Å². The quantitative estimate of drug-likeness (QED) is 0.851. The van der Waals surface area contributed by atoms with Gasteiger partial charge in [-0.3, -0.25) is 4.79 Å². The summed E-state index contributed by atoms with van der Waals surface area (Å²) in [6.45, 7) is 5.31. The van der Waals surface area contributed by atoms with E-state index in [9.17, 15) is 4.79 Å². The second-order valence-corrected chi connectivity index (χ2v) is 5.41. The third kappa shape index (κ3) is 5.04. The molecule has 3 heteroatoms. The molecule has 2 rings (SSSR count). The van der Waals surface area contributed by atoms with Gasteiger partial charge >= 0.3 is 0 Å². The van der Waals surface area contributed by atoms with Gasteiger partial charge in [-0.1, -0.05) is 56.3 Å². The topological polar surface area (TPSA) is 41.1 Å². The molecule has 3 nitrogen and oxygen atoms in total. The smallest absolute Gasteiger partial charge is 0.238 e. The van der Waals surface area contributed by atoms with Crippen LogP contribution in [0.15, 0.2) is 54.6 Å². The molecule has 2 aromatic carbocycles. The van der Waals surface area contributed by atoms with E-state index in [1.54, 1.807) is 0 Å². The fourth-order valence-corrected chi connectivity index (χ4v) is 2.07. The largest absolute Gasteiger partial charge is 0.325 e. The van der Waals surface area contributed by atoms with E-state index in [1.807, 2.05) is 42.5 Å². The van der Waals surface area contributed by atoms with Crippen LogP contribution in [0.3, 0.4) is 0 Å². The van der Waals surface area contributed by atoms with Crippen molar-refractivity contribution in [1.82, 2.24) is 5.32 Å². The number of anilines is 1. The molecule has 0 heterocycles. The molecular weight excluding hydrogens is 260 g/mol. The number of hydrogen-bond acceptors (Lipinski definition) is 2. The molecule has 21 heavy (non-hydrogen) atoms. The summed E-state index contributed by atoms with van der Waals surface area (Å²) < 4.78 is 0. The molecule has 0 saturated carbocycles. The predicted octanol–water partition coefficient (Wildman–Crippen LogP) is 3.54. The van der Waals surface area contributed by atoms with Crippen LogP contribution >= 0.6 is 0 Å². The van der Waals surface area contributed by atoms with E-state index in [1.165, 1.54) is 11.1 Å². The van der Waals surface area contributed by atoms with Gasteiger partial charge in [-0.05, 0) is 29.2 Å². The molecule has 0 spiro atoms. The number of carbonyl (C=O) groups is 1. The minimum atomic E-state index is -0.0248. The van der Waals surface area contributed by atoms with Gasteiger partial charge in [0.1, 0.15) is 0 Å². The Morgan fingerprint density at radius 2 is 1.67 bits per heavy atom. The highest BCUT2D eigenvalue weighted by molar-refractivity contribution is 5.92. The first kappa shape index (κ1) is 15.3. The Balaban J connectivity index is 1.76. The average Bonchev–Trinajstić information content (AvgIpc) is 2.49. The summed E-state index contributed by atoms with van der Waals surface area (Å²) in [5.41, 5.74) is 3.28. The Kier molecular flexibility index (Phi) is 5.52. The van der Waals surface area contributed by atoms with E-state index in [-0.39, 0.29) is 5.91 Å². The van der Waals surface area contributed by atoms with Crippen molar-refractivity contribution < 1.29 is 4.79 Å². The monoisotopic (exact) mass is 282 g/mol. The van der Waals surface area contributed by atoms with Crippen LogP contribution in [-0.2, 0) is 11.3 Å². The summed E-state index contributed by atoms with van der Waals surface area (Å²) in [7, 11) is 0. The summed E-state index contributed by atoms with van der Waals surface area (Å²) >= 11 is 0. The maximum absolute atomic E-state index is 11.8. The van der Waals surface area contributed by atoms with Gasteiger partial charge in [-0.25, -0.2) is 0 Å². The summed E-state index contributed by atoms with van der Waals surface area (Å²) in [5.74, 6) is 0.477. The lowest BCUT2D eigenvalue weighted by Gasteiger charge is -2.09. The highest BCUT2D eigenvalue weighted by Crippen LogP contribution is 2.16. The van der Waals surface area contributed by atoms with Crippen molar-refractivity contribution in [3.05, 3.63) is 65.7 Å². The van der Waals surface area contributed by atoms with Crippen LogP contribution < -0.4 is 10.6 Å². The molecule has 0 bridgehead atoms. The molecule has 2 aromatic rings. The molecule has 0 fully saturated rings. The van der Waals surface area contributed by atoms with E-state index >= 15 is 0 Å². The Morgan fingerprint density at radius 3 is 2.29 bits per heavy atom. The SMILES string of the molecule is CC(C)c1ccc(NC(=O)CNCc2ccccc2)cc1. The van der Waals surface area contributed by atoms with Crippen molar-refractivity contribution >= 4 is 11.6 Å². The predicted molar refractivity (Wildman–Crippen MR) is 87.3 cm³/mol. The van der Waals surface area contributed by atoms with E-state index < -0.39 is 0 Å². The van der Waals surface area contributed by atoms with Crippen LogP contribution in [0.2, 0.25) is 0 Å². The minimum Gasteiger partial charge on any atom is -0.325 e. The number of benzene rings is 2. The molecule has 0 aliphatic carbocycles. The number of hydrogen-bond donors (Lipinski definition) is 2. The third-order valence-electron chi connectivity index (χ3n) is 3.32. The van der Waals surface area contributed by atoms with E-state index in [0.717, 1.165) is 5.69 Å².